The van der Waals surface area contributed by atoms with Gasteiger partial charge in [0, 0.05) is 43.6 Å². The topological polar surface area (TPSA) is 69.8 Å². The van der Waals surface area contributed by atoms with Crippen LogP contribution in [0.1, 0.15) is 24.2 Å². The quantitative estimate of drug-likeness (QED) is 0.809. The van der Waals surface area contributed by atoms with E-state index in [4.69, 9.17) is 10.8 Å². The lowest BCUT2D eigenvalue weighted by molar-refractivity contribution is 0.0698. The zero-order valence-corrected chi connectivity index (χ0v) is 11.5. The predicted octanol–water partition coefficient (Wildman–Crippen LogP) is 1.50. The van der Waals surface area contributed by atoms with Gasteiger partial charge in [0.25, 0.3) is 0 Å². The smallest absolute Gasteiger partial charge is 0.337 e. The van der Waals surface area contributed by atoms with E-state index in [1.54, 1.807) is 12.1 Å². The van der Waals surface area contributed by atoms with Gasteiger partial charge in [0.2, 0.25) is 0 Å². The molecule has 0 radical (unpaired) electrons. The molecule has 3 N–H and O–H groups in total. The Kier molecular flexibility index (Phi) is 3.95. The highest BCUT2D eigenvalue weighted by atomic mass is 16.4. The molecule has 0 atom stereocenters. The summed E-state index contributed by atoms with van der Waals surface area (Å²) in [4.78, 5) is 15.7. The highest BCUT2D eigenvalue weighted by Crippen LogP contribution is 2.22. The molecule has 1 aromatic carbocycles. The summed E-state index contributed by atoms with van der Waals surface area (Å²) in [5.41, 5.74) is 7.11. The molecule has 0 aliphatic carbocycles. The van der Waals surface area contributed by atoms with Crippen LogP contribution in [0.3, 0.4) is 0 Å². The van der Waals surface area contributed by atoms with Crippen LogP contribution in [0.2, 0.25) is 0 Å². The minimum Gasteiger partial charge on any atom is -0.478 e. The SMILES string of the molecule is CC(C)N1CCN(c2ccc(N)c(C(=O)O)c2)CC1. The highest BCUT2D eigenvalue weighted by Gasteiger charge is 2.20. The second-order valence-corrected chi connectivity index (χ2v) is 5.19. The van der Waals surface area contributed by atoms with E-state index in [2.05, 4.69) is 23.6 Å². The van der Waals surface area contributed by atoms with Gasteiger partial charge in [-0.05, 0) is 32.0 Å². The average molecular weight is 263 g/mol. The summed E-state index contributed by atoms with van der Waals surface area (Å²) in [5, 5.41) is 9.10. The first-order valence-electron chi connectivity index (χ1n) is 6.61. The number of carbonyl (C=O) groups is 1. The van der Waals surface area contributed by atoms with Crippen LogP contribution < -0.4 is 10.6 Å². The number of carboxylic acid groups (broad SMARTS) is 1. The van der Waals surface area contributed by atoms with Crippen molar-refractivity contribution in [1.82, 2.24) is 4.90 Å². The van der Waals surface area contributed by atoms with Gasteiger partial charge in [-0.1, -0.05) is 0 Å². The van der Waals surface area contributed by atoms with E-state index in [0.29, 0.717) is 11.7 Å². The van der Waals surface area contributed by atoms with Crippen molar-refractivity contribution in [2.24, 2.45) is 0 Å². The third kappa shape index (κ3) is 2.98. The Bertz CT molecular complexity index is 466. The Labute approximate surface area is 113 Å². The third-order valence-electron chi connectivity index (χ3n) is 3.68. The van der Waals surface area contributed by atoms with Crippen LogP contribution in [0.15, 0.2) is 18.2 Å². The molecule has 1 aliphatic rings. The van der Waals surface area contributed by atoms with Gasteiger partial charge in [-0.3, -0.25) is 4.90 Å². The largest absolute Gasteiger partial charge is 0.478 e. The molecule has 1 heterocycles. The van der Waals surface area contributed by atoms with Crippen LogP contribution in [0, 0.1) is 0 Å². The zero-order valence-electron chi connectivity index (χ0n) is 11.5. The number of anilines is 2. The molecule has 104 valence electrons. The van der Waals surface area contributed by atoms with Gasteiger partial charge in [0.1, 0.15) is 0 Å². The Balaban J connectivity index is 2.12. The Morgan fingerprint density at radius 1 is 1.26 bits per heavy atom. The number of benzene rings is 1. The lowest BCUT2D eigenvalue weighted by Crippen LogP contribution is -2.48. The van der Waals surface area contributed by atoms with Crippen molar-refractivity contribution < 1.29 is 9.90 Å². The zero-order chi connectivity index (χ0) is 14.0. The maximum Gasteiger partial charge on any atom is 0.337 e. The van der Waals surface area contributed by atoms with Crippen molar-refractivity contribution in [3.8, 4) is 0 Å². The summed E-state index contributed by atoms with van der Waals surface area (Å²) in [6.45, 7) is 8.24. The monoisotopic (exact) mass is 263 g/mol. The number of hydrogen-bond donors (Lipinski definition) is 2. The summed E-state index contributed by atoms with van der Waals surface area (Å²) >= 11 is 0. The van der Waals surface area contributed by atoms with Crippen molar-refractivity contribution in [1.29, 1.82) is 0 Å². The van der Waals surface area contributed by atoms with Crippen molar-refractivity contribution in [3.63, 3.8) is 0 Å². The molecule has 0 spiro atoms. The number of nitrogen functional groups attached to an aromatic ring is 1. The van der Waals surface area contributed by atoms with Gasteiger partial charge in [0.05, 0.1) is 5.56 Å². The van der Waals surface area contributed by atoms with Crippen molar-refractivity contribution >= 4 is 17.3 Å². The maximum absolute atomic E-state index is 11.1. The Hall–Kier alpha value is -1.75. The summed E-state index contributed by atoms with van der Waals surface area (Å²) in [6, 6.07) is 5.80. The second kappa shape index (κ2) is 5.48. The molecule has 1 fully saturated rings. The number of carboxylic acids is 1. The fourth-order valence-corrected chi connectivity index (χ4v) is 2.42. The summed E-state index contributed by atoms with van der Waals surface area (Å²) in [6.07, 6.45) is 0. The first-order valence-corrected chi connectivity index (χ1v) is 6.61. The molecule has 1 saturated heterocycles. The van der Waals surface area contributed by atoms with Crippen molar-refractivity contribution in [3.05, 3.63) is 23.8 Å². The fourth-order valence-electron chi connectivity index (χ4n) is 2.42. The third-order valence-corrected chi connectivity index (χ3v) is 3.68. The molecule has 0 unspecified atom stereocenters. The van der Waals surface area contributed by atoms with E-state index >= 15 is 0 Å². The van der Waals surface area contributed by atoms with E-state index in [-0.39, 0.29) is 5.56 Å². The lowest BCUT2D eigenvalue weighted by Gasteiger charge is -2.38. The minimum absolute atomic E-state index is 0.184. The predicted molar refractivity (Wildman–Crippen MR) is 76.7 cm³/mol. The first kappa shape index (κ1) is 13.7. The lowest BCUT2D eigenvalue weighted by atomic mass is 10.1. The minimum atomic E-state index is -0.972. The second-order valence-electron chi connectivity index (χ2n) is 5.19. The van der Waals surface area contributed by atoms with Crippen molar-refractivity contribution in [2.75, 3.05) is 36.8 Å². The molecular weight excluding hydrogens is 242 g/mol. The van der Waals surface area contributed by atoms with Crippen LogP contribution in [0.5, 0.6) is 0 Å². The van der Waals surface area contributed by atoms with Crippen LogP contribution >= 0.6 is 0 Å². The standard InChI is InChI=1S/C14H21N3O2/c1-10(2)16-5-7-17(8-6-16)11-3-4-13(15)12(9-11)14(18)19/h3-4,9-10H,5-8,15H2,1-2H3,(H,18,19). The summed E-state index contributed by atoms with van der Waals surface area (Å²) < 4.78 is 0. The van der Waals surface area contributed by atoms with Gasteiger partial charge in [0.15, 0.2) is 0 Å². The molecule has 0 saturated carbocycles. The molecular formula is C14H21N3O2. The number of aromatic carboxylic acids is 1. The molecule has 2 rings (SSSR count). The van der Waals surface area contributed by atoms with Crippen molar-refractivity contribution in [2.45, 2.75) is 19.9 Å². The Morgan fingerprint density at radius 2 is 1.89 bits per heavy atom. The summed E-state index contributed by atoms with van der Waals surface area (Å²) in [5.74, 6) is -0.972. The number of nitrogens with two attached hydrogens (primary N) is 1. The Morgan fingerprint density at radius 3 is 2.42 bits per heavy atom. The molecule has 0 bridgehead atoms. The van der Waals surface area contributed by atoms with E-state index < -0.39 is 5.97 Å². The van der Waals surface area contributed by atoms with Crippen LogP contribution in [-0.4, -0.2) is 48.2 Å². The molecule has 0 amide bonds. The van der Waals surface area contributed by atoms with E-state index in [1.807, 2.05) is 6.07 Å². The fraction of sp³-hybridized carbons (Fsp3) is 0.500. The molecule has 5 nitrogen and oxygen atoms in total. The average Bonchev–Trinajstić information content (AvgIpc) is 2.39. The van der Waals surface area contributed by atoms with Crippen LogP contribution in [0.4, 0.5) is 11.4 Å². The molecule has 5 heteroatoms. The number of rotatable bonds is 3. The maximum atomic E-state index is 11.1. The molecule has 1 aliphatic heterocycles. The highest BCUT2D eigenvalue weighted by molar-refractivity contribution is 5.94. The van der Waals surface area contributed by atoms with Gasteiger partial charge in [-0.2, -0.15) is 0 Å². The van der Waals surface area contributed by atoms with Gasteiger partial charge < -0.3 is 15.7 Å². The molecule has 19 heavy (non-hydrogen) atoms. The van der Waals surface area contributed by atoms with Crippen LogP contribution in [0.25, 0.3) is 0 Å². The van der Waals surface area contributed by atoms with Gasteiger partial charge >= 0.3 is 5.97 Å². The number of piperazine rings is 1. The summed E-state index contributed by atoms with van der Waals surface area (Å²) in [7, 11) is 0. The first-order chi connectivity index (χ1) is 8.99. The molecule has 0 aromatic heterocycles. The van der Waals surface area contributed by atoms with Gasteiger partial charge in [-0.15, -0.1) is 0 Å². The van der Waals surface area contributed by atoms with Crippen LogP contribution in [-0.2, 0) is 0 Å². The van der Waals surface area contributed by atoms with E-state index in [1.165, 1.54) is 0 Å². The van der Waals surface area contributed by atoms with E-state index in [9.17, 15) is 4.79 Å². The normalized spacial score (nSPS) is 16.9. The number of nitrogens with zero attached hydrogens (tertiary/aromatic N) is 2. The number of hydrogen-bond acceptors (Lipinski definition) is 4. The van der Waals surface area contributed by atoms with Gasteiger partial charge in [-0.25, -0.2) is 4.79 Å². The molecule has 1 aromatic rings. The van der Waals surface area contributed by atoms with E-state index in [0.717, 1.165) is 31.9 Å².